The molecule has 2 aromatic carbocycles. The van der Waals surface area contributed by atoms with Crippen LogP contribution in [0.3, 0.4) is 0 Å². The predicted molar refractivity (Wildman–Crippen MR) is 86.8 cm³/mol. The summed E-state index contributed by atoms with van der Waals surface area (Å²) in [7, 11) is 0. The van der Waals surface area contributed by atoms with Crippen molar-refractivity contribution in [3.8, 4) is 5.75 Å². The van der Waals surface area contributed by atoms with E-state index in [9.17, 15) is 22.8 Å². The van der Waals surface area contributed by atoms with Crippen LogP contribution >= 0.6 is 0 Å². The summed E-state index contributed by atoms with van der Waals surface area (Å²) in [5.41, 5.74) is 0.362. The molecule has 0 aliphatic carbocycles. The fraction of sp³-hybridized carbons (Fsp3) is 0.158. The number of carbonyl (C=O) groups is 2. The van der Waals surface area contributed by atoms with Gasteiger partial charge in [-0.2, -0.15) is 8.78 Å². The van der Waals surface area contributed by atoms with Gasteiger partial charge in [0.25, 0.3) is 0 Å². The number of benzene rings is 2. The Labute approximate surface area is 142 Å². The third kappa shape index (κ3) is 4.79. The molecule has 0 radical (unpaired) electrons. The van der Waals surface area contributed by atoms with Crippen LogP contribution in [0.1, 0.15) is 38.9 Å². The van der Waals surface area contributed by atoms with Gasteiger partial charge in [-0.05, 0) is 35.9 Å². The lowest BCUT2D eigenvalue weighted by Gasteiger charge is -2.08. The van der Waals surface area contributed by atoms with E-state index in [1.165, 1.54) is 54.6 Å². The van der Waals surface area contributed by atoms with E-state index >= 15 is 0 Å². The van der Waals surface area contributed by atoms with Crippen molar-refractivity contribution >= 4 is 11.6 Å². The maximum absolute atomic E-state index is 13.9. The maximum atomic E-state index is 13.9. The Hall–Kier alpha value is -2.89. The van der Waals surface area contributed by atoms with Crippen LogP contribution in [0.4, 0.5) is 13.2 Å². The van der Waals surface area contributed by atoms with Crippen molar-refractivity contribution in [2.24, 2.45) is 0 Å². The van der Waals surface area contributed by atoms with Crippen LogP contribution in [0, 0.1) is 0 Å². The minimum Gasteiger partial charge on any atom is -0.435 e. The highest BCUT2D eigenvalue weighted by atomic mass is 19.3. The summed E-state index contributed by atoms with van der Waals surface area (Å²) in [4.78, 5) is 24.5. The first-order valence-electron chi connectivity index (χ1n) is 7.41. The second-order valence-corrected chi connectivity index (χ2v) is 5.18. The highest BCUT2D eigenvalue weighted by molar-refractivity contribution is 6.49. The molecule has 0 aliphatic rings. The quantitative estimate of drug-likeness (QED) is 0.385. The third-order valence-electron chi connectivity index (χ3n) is 3.43. The van der Waals surface area contributed by atoms with Gasteiger partial charge in [0.2, 0.25) is 11.6 Å². The van der Waals surface area contributed by atoms with Crippen molar-refractivity contribution < 1.29 is 27.5 Å². The molecule has 0 aliphatic heterocycles. The van der Waals surface area contributed by atoms with Gasteiger partial charge in [-0.25, -0.2) is 4.39 Å². The smallest absolute Gasteiger partial charge is 0.387 e. The zero-order valence-corrected chi connectivity index (χ0v) is 13.1. The first kappa shape index (κ1) is 18.4. The molecular weight excluding hydrogens is 333 g/mol. The summed E-state index contributed by atoms with van der Waals surface area (Å²) >= 11 is 0. The highest BCUT2D eigenvalue weighted by Crippen LogP contribution is 2.23. The zero-order chi connectivity index (χ0) is 18.4. The number of rotatable bonds is 8. The lowest BCUT2D eigenvalue weighted by Crippen LogP contribution is -2.15. The van der Waals surface area contributed by atoms with Gasteiger partial charge >= 0.3 is 6.61 Å². The van der Waals surface area contributed by atoms with E-state index in [0.29, 0.717) is 0 Å². The van der Waals surface area contributed by atoms with E-state index in [1.807, 2.05) is 0 Å². The van der Waals surface area contributed by atoms with Gasteiger partial charge in [-0.3, -0.25) is 9.59 Å². The monoisotopic (exact) mass is 348 g/mol. The van der Waals surface area contributed by atoms with Crippen LogP contribution in [0.15, 0.2) is 61.2 Å². The van der Waals surface area contributed by atoms with Gasteiger partial charge in [-0.1, -0.05) is 24.3 Å². The van der Waals surface area contributed by atoms with Gasteiger partial charge < -0.3 is 4.74 Å². The van der Waals surface area contributed by atoms with E-state index in [4.69, 9.17) is 0 Å². The van der Waals surface area contributed by atoms with E-state index in [1.54, 1.807) is 0 Å². The lowest BCUT2D eigenvalue weighted by molar-refractivity contribution is -0.0498. The Bertz CT molecular complexity index is 770. The van der Waals surface area contributed by atoms with Crippen LogP contribution in [0.2, 0.25) is 0 Å². The first-order valence-corrected chi connectivity index (χ1v) is 7.41. The normalized spacial score (nSPS) is 11.8. The zero-order valence-electron chi connectivity index (χ0n) is 13.1. The molecule has 0 spiro atoms. The van der Waals surface area contributed by atoms with Crippen molar-refractivity contribution in [2.75, 3.05) is 0 Å². The summed E-state index contributed by atoms with van der Waals surface area (Å²) in [5, 5.41) is 0. The van der Waals surface area contributed by atoms with Gasteiger partial charge in [0, 0.05) is 17.5 Å². The number of hydrogen-bond acceptors (Lipinski definition) is 3. The number of hydrogen-bond donors (Lipinski definition) is 0. The Balaban J connectivity index is 2.18. The minimum atomic E-state index is -2.98. The average molecular weight is 348 g/mol. The Morgan fingerprint density at radius 1 is 1.00 bits per heavy atom. The molecule has 0 saturated carbocycles. The maximum Gasteiger partial charge on any atom is 0.387 e. The van der Waals surface area contributed by atoms with E-state index < -0.39 is 24.3 Å². The SMILES string of the molecule is C=CCC(F)c1cccc(C(=O)C(=O)c2ccc(OC(F)F)cc2)c1. The minimum absolute atomic E-state index is 0.0277. The molecule has 3 nitrogen and oxygen atoms in total. The standard InChI is InChI=1S/C19H15F3O3/c1-2-4-16(20)13-5-3-6-14(11-13)18(24)17(23)12-7-9-15(10-8-12)25-19(21)22/h2-3,5-11,16,19H,1,4H2. The van der Waals surface area contributed by atoms with E-state index in [0.717, 1.165) is 0 Å². The summed E-state index contributed by atoms with van der Waals surface area (Å²) in [5.74, 6) is -1.75. The number of ketones is 2. The van der Waals surface area contributed by atoms with Crippen molar-refractivity contribution in [1.29, 1.82) is 0 Å². The van der Waals surface area contributed by atoms with Crippen LogP contribution in [-0.2, 0) is 0 Å². The van der Waals surface area contributed by atoms with Crippen LogP contribution in [-0.4, -0.2) is 18.2 Å². The molecule has 1 atom stereocenters. The number of ether oxygens (including phenoxy) is 1. The summed E-state index contributed by atoms with van der Waals surface area (Å²) < 4.78 is 42.3. The van der Waals surface area contributed by atoms with Gasteiger partial charge in [0.05, 0.1) is 0 Å². The third-order valence-corrected chi connectivity index (χ3v) is 3.43. The Morgan fingerprint density at radius 3 is 2.24 bits per heavy atom. The number of Topliss-reactive ketones (excluding diaryl/α,β-unsaturated/α-hetero) is 2. The molecule has 0 aromatic heterocycles. The van der Waals surface area contributed by atoms with E-state index in [-0.39, 0.29) is 28.9 Å². The predicted octanol–water partition coefficient (Wildman–Crippen LogP) is 4.94. The molecule has 0 saturated heterocycles. The molecule has 0 fully saturated rings. The van der Waals surface area contributed by atoms with Crippen molar-refractivity contribution in [2.45, 2.75) is 19.2 Å². The molecule has 0 amide bonds. The molecular formula is C19H15F3O3. The fourth-order valence-corrected chi connectivity index (χ4v) is 2.21. The van der Waals surface area contributed by atoms with Gasteiger partial charge in [-0.15, -0.1) is 6.58 Å². The second kappa shape index (κ2) is 8.28. The van der Waals surface area contributed by atoms with Gasteiger partial charge in [0.15, 0.2) is 0 Å². The van der Waals surface area contributed by atoms with Crippen molar-refractivity contribution in [1.82, 2.24) is 0 Å². The molecule has 1 unspecified atom stereocenters. The van der Waals surface area contributed by atoms with Crippen LogP contribution < -0.4 is 4.74 Å². The fourth-order valence-electron chi connectivity index (χ4n) is 2.21. The summed E-state index contributed by atoms with van der Waals surface area (Å²) in [6.45, 7) is 0.482. The molecule has 6 heteroatoms. The van der Waals surface area contributed by atoms with E-state index in [2.05, 4.69) is 11.3 Å². The van der Waals surface area contributed by atoms with Crippen LogP contribution in [0.5, 0.6) is 5.75 Å². The average Bonchev–Trinajstić information content (AvgIpc) is 2.61. The summed E-state index contributed by atoms with van der Waals surface area (Å²) in [6.07, 6.45) is 0.205. The highest BCUT2D eigenvalue weighted by Gasteiger charge is 2.20. The number of alkyl halides is 3. The molecule has 0 N–H and O–H groups in total. The largest absolute Gasteiger partial charge is 0.435 e. The van der Waals surface area contributed by atoms with Crippen LogP contribution in [0.25, 0.3) is 0 Å². The van der Waals surface area contributed by atoms with Crippen molar-refractivity contribution in [3.63, 3.8) is 0 Å². The summed E-state index contributed by atoms with van der Waals surface area (Å²) in [6, 6.07) is 10.5. The molecule has 25 heavy (non-hydrogen) atoms. The second-order valence-electron chi connectivity index (χ2n) is 5.18. The van der Waals surface area contributed by atoms with Gasteiger partial charge in [0.1, 0.15) is 11.9 Å². The molecule has 2 aromatic rings. The Kier molecular flexibility index (Phi) is 6.11. The lowest BCUT2D eigenvalue weighted by atomic mass is 9.98. The number of halogens is 3. The number of allylic oxidation sites excluding steroid dienone is 1. The topological polar surface area (TPSA) is 43.4 Å². The first-order chi connectivity index (χ1) is 11.9. The molecule has 0 bridgehead atoms. The number of carbonyl (C=O) groups excluding carboxylic acids is 2. The molecule has 130 valence electrons. The Morgan fingerprint density at radius 2 is 1.64 bits per heavy atom. The molecule has 2 rings (SSSR count). The van der Waals surface area contributed by atoms with Crippen molar-refractivity contribution in [3.05, 3.63) is 77.9 Å². The molecule has 0 heterocycles.